The molecule has 1 saturated heterocycles. The predicted molar refractivity (Wildman–Crippen MR) is 58.6 cm³/mol. The van der Waals surface area contributed by atoms with E-state index >= 15 is 0 Å². The molecule has 0 aromatic rings. The molecule has 2 aliphatic rings. The molecular formula is C12H19NO3. The molecule has 1 aliphatic carbocycles. The zero-order chi connectivity index (χ0) is 11.6. The Morgan fingerprint density at radius 2 is 1.50 bits per heavy atom. The number of carbonyl (C=O) groups is 2. The molecule has 1 saturated carbocycles. The Kier molecular flexibility index (Phi) is 3.28. The van der Waals surface area contributed by atoms with E-state index in [9.17, 15) is 14.7 Å². The fraction of sp³-hybridized carbons (Fsp3) is 0.833. The Bertz CT molecular complexity index is 277. The third-order valence-electron chi connectivity index (χ3n) is 3.83. The molecule has 0 aromatic carbocycles. The normalized spacial score (nSPS) is 25.9. The van der Waals surface area contributed by atoms with E-state index < -0.39 is 5.54 Å². The van der Waals surface area contributed by atoms with Gasteiger partial charge in [0.05, 0.1) is 12.1 Å². The third-order valence-corrected chi connectivity index (χ3v) is 3.83. The summed E-state index contributed by atoms with van der Waals surface area (Å²) in [4.78, 5) is 25.3. The van der Waals surface area contributed by atoms with Crippen LogP contribution in [0.1, 0.15) is 51.4 Å². The van der Waals surface area contributed by atoms with Crippen LogP contribution in [0.25, 0.3) is 0 Å². The highest BCUT2D eigenvalue weighted by Gasteiger charge is 2.45. The molecular weight excluding hydrogens is 206 g/mol. The summed E-state index contributed by atoms with van der Waals surface area (Å²) in [6, 6.07) is 0. The Labute approximate surface area is 95.6 Å². The van der Waals surface area contributed by atoms with Gasteiger partial charge < -0.3 is 5.11 Å². The first-order valence-electron chi connectivity index (χ1n) is 6.16. The van der Waals surface area contributed by atoms with E-state index in [4.69, 9.17) is 0 Å². The van der Waals surface area contributed by atoms with Gasteiger partial charge in [0.2, 0.25) is 11.8 Å². The molecule has 2 rings (SSSR count). The van der Waals surface area contributed by atoms with E-state index in [1.165, 1.54) is 4.90 Å². The fourth-order valence-corrected chi connectivity index (χ4v) is 2.93. The molecule has 0 radical (unpaired) electrons. The van der Waals surface area contributed by atoms with Gasteiger partial charge in [-0.25, -0.2) is 0 Å². The number of nitrogens with zero attached hydrogens (tertiary/aromatic N) is 1. The maximum absolute atomic E-state index is 12.0. The smallest absolute Gasteiger partial charge is 0.229 e. The van der Waals surface area contributed by atoms with Crippen LogP contribution < -0.4 is 0 Å². The molecule has 1 heterocycles. The van der Waals surface area contributed by atoms with E-state index in [-0.39, 0.29) is 18.4 Å². The minimum atomic E-state index is -0.571. The standard InChI is InChI=1S/C12H19NO3/c14-9-12(7-3-4-8-12)13-10(15)5-1-2-6-11(13)16/h14H,1-9H2. The summed E-state index contributed by atoms with van der Waals surface area (Å²) >= 11 is 0. The van der Waals surface area contributed by atoms with E-state index in [0.717, 1.165) is 38.5 Å². The van der Waals surface area contributed by atoms with Crippen LogP contribution >= 0.6 is 0 Å². The number of aliphatic hydroxyl groups is 1. The highest BCUT2D eigenvalue weighted by Crippen LogP contribution is 2.37. The first kappa shape index (κ1) is 11.6. The van der Waals surface area contributed by atoms with Crippen molar-refractivity contribution in [3.63, 3.8) is 0 Å². The Hall–Kier alpha value is -0.900. The highest BCUT2D eigenvalue weighted by molar-refractivity contribution is 5.97. The van der Waals surface area contributed by atoms with Crippen molar-refractivity contribution in [3.05, 3.63) is 0 Å². The largest absolute Gasteiger partial charge is 0.394 e. The summed E-state index contributed by atoms with van der Waals surface area (Å²) in [5.41, 5.74) is -0.571. The molecule has 90 valence electrons. The van der Waals surface area contributed by atoms with Gasteiger partial charge in [-0.05, 0) is 25.7 Å². The molecule has 0 bridgehead atoms. The molecule has 16 heavy (non-hydrogen) atoms. The van der Waals surface area contributed by atoms with Crippen molar-refractivity contribution in [1.29, 1.82) is 0 Å². The quantitative estimate of drug-likeness (QED) is 0.719. The second-order valence-electron chi connectivity index (χ2n) is 4.92. The topological polar surface area (TPSA) is 57.6 Å². The van der Waals surface area contributed by atoms with Crippen LogP contribution in [0.5, 0.6) is 0 Å². The van der Waals surface area contributed by atoms with Crippen LogP contribution in [0, 0.1) is 0 Å². The lowest BCUT2D eigenvalue weighted by atomic mass is 9.95. The maximum Gasteiger partial charge on any atom is 0.229 e. The van der Waals surface area contributed by atoms with Gasteiger partial charge in [-0.2, -0.15) is 0 Å². The summed E-state index contributed by atoms with van der Waals surface area (Å²) in [6.07, 6.45) is 6.02. The average molecular weight is 225 g/mol. The van der Waals surface area contributed by atoms with Crippen molar-refractivity contribution >= 4 is 11.8 Å². The van der Waals surface area contributed by atoms with E-state index in [0.29, 0.717) is 12.8 Å². The molecule has 4 nitrogen and oxygen atoms in total. The SMILES string of the molecule is O=C1CCCCC(=O)N1C1(CO)CCCC1. The van der Waals surface area contributed by atoms with Crippen LogP contribution in [0.2, 0.25) is 0 Å². The van der Waals surface area contributed by atoms with Crippen molar-refractivity contribution in [2.45, 2.75) is 56.9 Å². The minimum Gasteiger partial charge on any atom is -0.394 e. The second kappa shape index (κ2) is 4.53. The summed E-state index contributed by atoms with van der Waals surface area (Å²) < 4.78 is 0. The predicted octanol–water partition coefficient (Wildman–Crippen LogP) is 1.22. The first-order chi connectivity index (χ1) is 7.69. The van der Waals surface area contributed by atoms with Crippen LogP contribution in [-0.4, -0.2) is 34.0 Å². The van der Waals surface area contributed by atoms with Crippen molar-refractivity contribution in [2.24, 2.45) is 0 Å². The molecule has 0 atom stereocenters. The molecule has 1 N–H and O–H groups in total. The lowest BCUT2D eigenvalue weighted by Crippen LogP contribution is -2.54. The zero-order valence-electron chi connectivity index (χ0n) is 9.57. The summed E-state index contributed by atoms with van der Waals surface area (Å²) in [7, 11) is 0. The number of imide groups is 1. The Morgan fingerprint density at radius 1 is 1.00 bits per heavy atom. The van der Waals surface area contributed by atoms with Gasteiger partial charge in [-0.1, -0.05) is 12.8 Å². The number of amides is 2. The van der Waals surface area contributed by atoms with Crippen molar-refractivity contribution in [2.75, 3.05) is 6.61 Å². The first-order valence-corrected chi connectivity index (χ1v) is 6.16. The Balaban J connectivity index is 2.26. The Morgan fingerprint density at radius 3 is 1.94 bits per heavy atom. The zero-order valence-corrected chi connectivity index (χ0v) is 9.57. The van der Waals surface area contributed by atoms with Crippen molar-refractivity contribution in [3.8, 4) is 0 Å². The van der Waals surface area contributed by atoms with Crippen LogP contribution in [0.15, 0.2) is 0 Å². The van der Waals surface area contributed by atoms with Gasteiger partial charge in [-0.3, -0.25) is 14.5 Å². The molecule has 0 aromatic heterocycles. The highest BCUT2D eigenvalue weighted by atomic mass is 16.3. The summed E-state index contributed by atoms with van der Waals surface area (Å²) in [5, 5.41) is 9.55. The van der Waals surface area contributed by atoms with E-state index in [2.05, 4.69) is 0 Å². The number of hydrogen-bond donors (Lipinski definition) is 1. The molecule has 2 amide bonds. The van der Waals surface area contributed by atoms with Gasteiger partial charge >= 0.3 is 0 Å². The van der Waals surface area contributed by atoms with Gasteiger partial charge in [0.15, 0.2) is 0 Å². The van der Waals surface area contributed by atoms with E-state index in [1.807, 2.05) is 0 Å². The molecule has 1 aliphatic heterocycles. The summed E-state index contributed by atoms with van der Waals surface area (Å²) in [5.74, 6) is -0.170. The number of rotatable bonds is 2. The lowest BCUT2D eigenvalue weighted by molar-refractivity contribution is -0.153. The van der Waals surface area contributed by atoms with Crippen LogP contribution in [0.4, 0.5) is 0 Å². The van der Waals surface area contributed by atoms with Gasteiger partial charge in [0.1, 0.15) is 0 Å². The number of aliphatic hydroxyl groups excluding tert-OH is 1. The van der Waals surface area contributed by atoms with Crippen molar-refractivity contribution < 1.29 is 14.7 Å². The van der Waals surface area contributed by atoms with Gasteiger partial charge in [-0.15, -0.1) is 0 Å². The van der Waals surface area contributed by atoms with Gasteiger partial charge in [0.25, 0.3) is 0 Å². The molecule has 2 fully saturated rings. The van der Waals surface area contributed by atoms with Gasteiger partial charge in [0, 0.05) is 12.8 Å². The maximum atomic E-state index is 12.0. The van der Waals surface area contributed by atoms with Crippen LogP contribution in [-0.2, 0) is 9.59 Å². The number of likely N-dealkylation sites (tertiary alicyclic amines) is 1. The lowest BCUT2D eigenvalue weighted by Gasteiger charge is -2.37. The minimum absolute atomic E-state index is 0.0789. The monoisotopic (exact) mass is 225 g/mol. The number of hydrogen-bond acceptors (Lipinski definition) is 3. The van der Waals surface area contributed by atoms with E-state index in [1.54, 1.807) is 0 Å². The summed E-state index contributed by atoms with van der Waals surface area (Å²) in [6.45, 7) is -0.0789. The second-order valence-corrected chi connectivity index (χ2v) is 4.92. The fourth-order valence-electron chi connectivity index (χ4n) is 2.93. The average Bonchev–Trinajstić information content (AvgIpc) is 2.68. The molecule has 0 spiro atoms. The molecule has 0 unspecified atom stereocenters. The third kappa shape index (κ3) is 1.86. The van der Waals surface area contributed by atoms with Crippen molar-refractivity contribution in [1.82, 2.24) is 4.90 Å². The van der Waals surface area contributed by atoms with Crippen LogP contribution in [0.3, 0.4) is 0 Å². The number of carbonyl (C=O) groups excluding carboxylic acids is 2. The molecule has 4 heteroatoms.